The number of H-pyrrole nitrogens is 1. The minimum absolute atomic E-state index is 0.0306. The predicted octanol–water partition coefficient (Wildman–Crippen LogP) is 2.61. The molecule has 8 nitrogen and oxygen atoms in total. The Bertz CT molecular complexity index is 1110. The van der Waals surface area contributed by atoms with Gasteiger partial charge in [0.15, 0.2) is 11.7 Å². The van der Waals surface area contributed by atoms with E-state index in [1.807, 2.05) is 24.3 Å². The highest BCUT2D eigenvalue weighted by atomic mass is 19.1. The molecule has 0 saturated carbocycles. The van der Waals surface area contributed by atoms with Gasteiger partial charge in [0.05, 0.1) is 30.4 Å². The third kappa shape index (κ3) is 4.65. The number of piperidine rings is 1. The third-order valence-corrected chi connectivity index (χ3v) is 6.38. The van der Waals surface area contributed by atoms with Crippen molar-refractivity contribution < 1.29 is 23.8 Å². The number of anilines is 1. The van der Waals surface area contributed by atoms with Crippen LogP contribution in [0.5, 0.6) is 5.88 Å². The fourth-order valence-corrected chi connectivity index (χ4v) is 4.56. The number of ether oxygens (including phenoxy) is 2. The molecule has 174 valence electrons. The van der Waals surface area contributed by atoms with E-state index in [0.29, 0.717) is 35.5 Å². The van der Waals surface area contributed by atoms with Crippen LogP contribution in [0, 0.1) is 5.82 Å². The second-order valence-electron chi connectivity index (χ2n) is 8.59. The number of hydrogen-bond acceptors (Lipinski definition) is 6. The molecule has 33 heavy (non-hydrogen) atoms. The number of nitrogens with one attached hydrogen (secondary N) is 2. The van der Waals surface area contributed by atoms with Gasteiger partial charge >= 0.3 is 0 Å². The molecule has 0 aliphatic carbocycles. The Kier molecular flexibility index (Phi) is 6.15. The van der Waals surface area contributed by atoms with Gasteiger partial charge in [-0.05, 0) is 25.0 Å². The molecule has 1 aromatic carbocycles. The molecule has 3 aromatic rings. The van der Waals surface area contributed by atoms with Gasteiger partial charge in [-0.3, -0.25) is 4.79 Å². The number of aliphatic hydroxyl groups is 1. The topological polar surface area (TPSA) is 99.7 Å². The van der Waals surface area contributed by atoms with Gasteiger partial charge in [-0.25, -0.2) is 9.37 Å². The molecule has 9 heteroatoms. The number of aromatic nitrogens is 2. The number of halogens is 1. The van der Waals surface area contributed by atoms with E-state index in [2.05, 4.69) is 20.2 Å². The second kappa shape index (κ2) is 9.36. The monoisotopic (exact) mass is 454 g/mol. The Morgan fingerprint density at radius 3 is 2.76 bits per heavy atom. The summed E-state index contributed by atoms with van der Waals surface area (Å²) >= 11 is 0. The van der Waals surface area contributed by atoms with E-state index < -0.39 is 5.82 Å². The summed E-state index contributed by atoms with van der Waals surface area (Å²) in [7, 11) is 0. The quantitative estimate of drug-likeness (QED) is 0.475. The van der Waals surface area contributed by atoms with Crippen molar-refractivity contribution in [3.63, 3.8) is 0 Å². The van der Waals surface area contributed by atoms with E-state index >= 15 is 0 Å². The highest BCUT2D eigenvalue weighted by molar-refractivity contribution is 5.81. The zero-order valence-corrected chi connectivity index (χ0v) is 18.2. The van der Waals surface area contributed by atoms with Gasteiger partial charge in [0.25, 0.3) is 0 Å². The maximum Gasteiger partial charge on any atom is 0.207 e. The van der Waals surface area contributed by atoms with Crippen LogP contribution >= 0.6 is 0 Å². The Morgan fingerprint density at radius 1 is 1.27 bits per heavy atom. The van der Waals surface area contributed by atoms with Crippen LogP contribution in [0.1, 0.15) is 19.3 Å². The number of aromatic amines is 1. The molecular formula is C24H27FN4O4. The normalized spacial score (nSPS) is 21.5. The van der Waals surface area contributed by atoms with E-state index in [-0.39, 0.29) is 30.6 Å². The first-order chi connectivity index (χ1) is 16.1. The number of nitrogens with zero attached hydrogens (tertiary/aromatic N) is 2. The summed E-state index contributed by atoms with van der Waals surface area (Å²) in [5, 5.41) is 12.0. The van der Waals surface area contributed by atoms with E-state index in [1.165, 1.54) is 6.07 Å². The molecular weight excluding hydrogens is 427 g/mol. The number of amides is 1. The zero-order valence-electron chi connectivity index (χ0n) is 18.2. The van der Waals surface area contributed by atoms with Gasteiger partial charge in [0.2, 0.25) is 6.41 Å². The van der Waals surface area contributed by atoms with Gasteiger partial charge in [0.1, 0.15) is 11.8 Å². The summed E-state index contributed by atoms with van der Waals surface area (Å²) in [4.78, 5) is 20.5. The lowest BCUT2D eigenvalue weighted by atomic mass is 10.0. The lowest BCUT2D eigenvalue weighted by molar-refractivity contribution is -0.110. The molecule has 1 unspecified atom stereocenters. The summed E-state index contributed by atoms with van der Waals surface area (Å²) in [5.41, 5.74) is 3.24. The number of rotatable bonds is 7. The first kappa shape index (κ1) is 21.7. The maximum absolute atomic E-state index is 14.9. The lowest BCUT2D eigenvalue weighted by Gasteiger charge is -2.33. The average molecular weight is 455 g/mol. The fourth-order valence-electron chi connectivity index (χ4n) is 4.56. The number of hydrogen-bond donors (Lipinski definition) is 3. The lowest BCUT2D eigenvalue weighted by Crippen LogP contribution is -2.42. The standard InChI is InChI=1S/C24H27FN4O4/c25-20-10-21-22(11-23(27-21)33-19-9-18(12-30)32-13-19)28-24(20)15-1-3-17(4-2-15)29-7-5-16(6-8-29)26-14-31/h1-4,10-11,14,16,18-19,27,30H,5-9,12-13H2,(H,26,31)/t18?,19-/m0/s1. The van der Waals surface area contributed by atoms with Gasteiger partial charge in [-0.1, -0.05) is 12.1 Å². The van der Waals surface area contributed by atoms with E-state index in [9.17, 15) is 14.3 Å². The Labute approximate surface area is 190 Å². The Hall–Kier alpha value is -3.17. The van der Waals surface area contributed by atoms with E-state index in [1.54, 1.807) is 6.07 Å². The van der Waals surface area contributed by atoms with Crippen LogP contribution in [0.4, 0.5) is 10.1 Å². The maximum atomic E-state index is 14.9. The van der Waals surface area contributed by atoms with Crippen molar-refractivity contribution in [1.82, 2.24) is 15.3 Å². The molecule has 2 aliphatic rings. The number of pyridine rings is 1. The molecule has 2 saturated heterocycles. The predicted molar refractivity (Wildman–Crippen MR) is 122 cm³/mol. The minimum Gasteiger partial charge on any atom is -0.473 e. The molecule has 2 aliphatic heterocycles. The van der Waals surface area contributed by atoms with Crippen LogP contribution in [-0.2, 0) is 9.53 Å². The van der Waals surface area contributed by atoms with Crippen molar-refractivity contribution in [2.75, 3.05) is 31.2 Å². The van der Waals surface area contributed by atoms with Gasteiger partial charge in [0, 0.05) is 48.9 Å². The molecule has 0 bridgehead atoms. The number of carbonyl (C=O) groups excluding carboxylic acids is 1. The molecule has 3 N–H and O–H groups in total. The summed E-state index contributed by atoms with van der Waals surface area (Å²) in [6, 6.07) is 11.2. The molecule has 0 spiro atoms. The van der Waals surface area contributed by atoms with Crippen LogP contribution in [0.2, 0.25) is 0 Å². The molecule has 2 atom stereocenters. The van der Waals surface area contributed by atoms with Crippen molar-refractivity contribution >= 4 is 23.1 Å². The second-order valence-corrected chi connectivity index (χ2v) is 8.59. The zero-order chi connectivity index (χ0) is 22.8. The van der Waals surface area contributed by atoms with Gasteiger partial charge in [-0.15, -0.1) is 0 Å². The molecule has 2 aromatic heterocycles. The number of aliphatic hydroxyl groups excluding tert-OH is 1. The minimum atomic E-state index is -0.408. The molecule has 0 radical (unpaired) electrons. The van der Waals surface area contributed by atoms with E-state index in [0.717, 1.165) is 38.0 Å². The van der Waals surface area contributed by atoms with Crippen molar-refractivity contribution in [3.05, 3.63) is 42.2 Å². The first-order valence-corrected chi connectivity index (χ1v) is 11.3. The highest BCUT2D eigenvalue weighted by Gasteiger charge is 2.27. The highest BCUT2D eigenvalue weighted by Crippen LogP contribution is 2.30. The van der Waals surface area contributed by atoms with Crippen LogP contribution in [0.25, 0.3) is 22.3 Å². The molecule has 5 rings (SSSR count). The SMILES string of the molecule is O=CNC1CCN(c2ccc(-c3nc4cc(O[C@@H]5COC(CO)C5)[nH]c4cc3F)cc2)CC1. The summed E-state index contributed by atoms with van der Waals surface area (Å²) in [5.74, 6) is 0.0954. The Morgan fingerprint density at radius 2 is 2.06 bits per heavy atom. The van der Waals surface area contributed by atoms with Crippen molar-refractivity contribution in [1.29, 1.82) is 0 Å². The number of carbonyl (C=O) groups is 1. The largest absolute Gasteiger partial charge is 0.473 e. The molecule has 4 heterocycles. The van der Waals surface area contributed by atoms with E-state index in [4.69, 9.17) is 9.47 Å². The molecule has 2 fully saturated rings. The van der Waals surface area contributed by atoms with Crippen molar-refractivity contribution in [3.8, 4) is 17.1 Å². The summed E-state index contributed by atoms with van der Waals surface area (Å²) in [6.45, 7) is 2.10. The average Bonchev–Trinajstić information content (AvgIpc) is 3.45. The number of benzene rings is 1. The van der Waals surface area contributed by atoms with Gasteiger partial charge < -0.3 is 29.8 Å². The van der Waals surface area contributed by atoms with Crippen LogP contribution in [0.3, 0.4) is 0 Å². The Balaban J connectivity index is 1.30. The van der Waals surface area contributed by atoms with Gasteiger partial charge in [-0.2, -0.15) is 0 Å². The van der Waals surface area contributed by atoms with Crippen LogP contribution in [0.15, 0.2) is 36.4 Å². The third-order valence-electron chi connectivity index (χ3n) is 6.38. The first-order valence-electron chi connectivity index (χ1n) is 11.3. The van der Waals surface area contributed by atoms with Crippen molar-refractivity contribution in [2.45, 2.75) is 37.5 Å². The summed E-state index contributed by atoms with van der Waals surface area (Å²) in [6.07, 6.45) is 2.81. The summed E-state index contributed by atoms with van der Waals surface area (Å²) < 4.78 is 26.2. The number of fused-ring (bicyclic) bond motifs is 1. The fraction of sp³-hybridized carbons (Fsp3) is 0.417. The van der Waals surface area contributed by atoms with Crippen LogP contribution < -0.4 is 15.0 Å². The van der Waals surface area contributed by atoms with Crippen molar-refractivity contribution in [2.24, 2.45) is 0 Å². The van der Waals surface area contributed by atoms with Crippen LogP contribution in [-0.4, -0.2) is 66.0 Å². The smallest absolute Gasteiger partial charge is 0.207 e. The molecule has 1 amide bonds.